The molecule has 0 saturated carbocycles. The van der Waals surface area contributed by atoms with Crippen LogP contribution >= 0.6 is 22.9 Å². The van der Waals surface area contributed by atoms with Crippen LogP contribution in [0.4, 0.5) is 4.39 Å². The number of rotatable bonds is 3. The third-order valence-electron chi connectivity index (χ3n) is 1.91. The van der Waals surface area contributed by atoms with Gasteiger partial charge < -0.3 is 4.74 Å². The standard InChI is InChI=1S/C10H8ClFN2OS/c1-6-2-3-7(12)4-8(6)15-10-14-13-9(5-11)16-10/h2-4H,5H2,1H3. The summed E-state index contributed by atoms with van der Waals surface area (Å²) in [5.41, 5.74) is 0.837. The van der Waals surface area contributed by atoms with E-state index in [0.717, 1.165) is 5.56 Å². The molecule has 2 aromatic rings. The molecule has 3 nitrogen and oxygen atoms in total. The highest BCUT2D eigenvalue weighted by Crippen LogP contribution is 2.28. The molecule has 0 radical (unpaired) electrons. The highest BCUT2D eigenvalue weighted by Gasteiger charge is 2.08. The lowest BCUT2D eigenvalue weighted by molar-refractivity contribution is 0.464. The largest absolute Gasteiger partial charge is 0.429 e. The Kier molecular flexibility index (Phi) is 3.36. The number of halogens is 2. The third-order valence-corrected chi connectivity index (χ3v) is 3.12. The Hall–Kier alpha value is -1.20. The average Bonchev–Trinajstić information content (AvgIpc) is 2.71. The molecule has 0 spiro atoms. The molecule has 0 atom stereocenters. The van der Waals surface area contributed by atoms with Gasteiger partial charge >= 0.3 is 0 Å². The first kappa shape index (κ1) is 11.3. The second-order valence-corrected chi connectivity index (χ2v) is 4.40. The maximum Gasteiger partial charge on any atom is 0.299 e. The van der Waals surface area contributed by atoms with Gasteiger partial charge in [0, 0.05) is 6.07 Å². The molecule has 0 amide bonds. The number of benzene rings is 1. The van der Waals surface area contributed by atoms with Crippen molar-refractivity contribution in [3.05, 3.63) is 34.6 Å². The van der Waals surface area contributed by atoms with Crippen molar-refractivity contribution in [2.45, 2.75) is 12.8 Å². The first-order valence-electron chi connectivity index (χ1n) is 4.51. The van der Waals surface area contributed by atoms with Gasteiger partial charge in [-0.3, -0.25) is 0 Å². The molecular formula is C10H8ClFN2OS. The second kappa shape index (κ2) is 4.76. The van der Waals surface area contributed by atoms with Crippen molar-refractivity contribution in [3.63, 3.8) is 0 Å². The fourth-order valence-corrected chi connectivity index (χ4v) is 1.88. The molecule has 0 aliphatic heterocycles. The SMILES string of the molecule is Cc1ccc(F)cc1Oc1nnc(CCl)s1. The van der Waals surface area contributed by atoms with Gasteiger partial charge in [0.05, 0.1) is 5.88 Å². The van der Waals surface area contributed by atoms with Crippen molar-refractivity contribution >= 4 is 22.9 Å². The molecule has 0 aliphatic carbocycles. The first-order chi connectivity index (χ1) is 7.69. The molecule has 0 N–H and O–H groups in total. The monoisotopic (exact) mass is 258 g/mol. The van der Waals surface area contributed by atoms with Crippen molar-refractivity contribution in [2.75, 3.05) is 0 Å². The van der Waals surface area contributed by atoms with Crippen molar-refractivity contribution in [1.82, 2.24) is 10.2 Å². The fourth-order valence-electron chi connectivity index (χ4n) is 1.11. The van der Waals surface area contributed by atoms with Gasteiger partial charge in [0.2, 0.25) is 0 Å². The zero-order chi connectivity index (χ0) is 11.5. The molecule has 0 bridgehead atoms. The molecular weight excluding hydrogens is 251 g/mol. The number of ether oxygens (including phenoxy) is 1. The molecule has 16 heavy (non-hydrogen) atoms. The van der Waals surface area contributed by atoms with Crippen molar-refractivity contribution in [2.24, 2.45) is 0 Å². The zero-order valence-electron chi connectivity index (χ0n) is 8.41. The molecule has 0 fully saturated rings. The lowest BCUT2D eigenvalue weighted by atomic mass is 10.2. The van der Waals surface area contributed by atoms with Gasteiger partial charge in [-0.25, -0.2) is 4.39 Å². The number of hydrogen-bond donors (Lipinski definition) is 0. The van der Waals surface area contributed by atoms with Crippen LogP contribution < -0.4 is 4.74 Å². The Balaban J connectivity index is 2.22. The van der Waals surface area contributed by atoms with E-state index in [1.54, 1.807) is 6.07 Å². The van der Waals surface area contributed by atoms with Gasteiger partial charge in [-0.05, 0) is 18.6 Å². The molecule has 0 saturated heterocycles. The van der Waals surface area contributed by atoms with Crippen molar-refractivity contribution in [3.8, 4) is 10.9 Å². The second-order valence-electron chi connectivity index (χ2n) is 3.11. The van der Waals surface area contributed by atoms with Crippen LogP contribution in [0, 0.1) is 12.7 Å². The summed E-state index contributed by atoms with van der Waals surface area (Å²) in [7, 11) is 0. The highest BCUT2D eigenvalue weighted by molar-refractivity contribution is 7.13. The molecule has 1 aromatic carbocycles. The minimum absolute atomic E-state index is 0.295. The summed E-state index contributed by atoms with van der Waals surface area (Å²) >= 11 is 6.84. The Bertz CT molecular complexity index is 503. The average molecular weight is 259 g/mol. The lowest BCUT2D eigenvalue weighted by Crippen LogP contribution is -1.88. The van der Waals surface area contributed by atoms with E-state index in [1.807, 2.05) is 6.92 Å². The van der Waals surface area contributed by atoms with Crippen LogP contribution in [-0.2, 0) is 5.88 Å². The highest BCUT2D eigenvalue weighted by atomic mass is 35.5. The van der Waals surface area contributed by atoms with Gasteiger partial charge in [-0.15, -0.1) is 16.7 Å². The fraction of sp³-hybridized carbons (Fsp3) is 0.200. The quantitative estimate of drug-likeness (QED) is 0.790. The van der Waals surface area contributed by atoms with E-state index in [9.17, 15) is 4.39 Å². The maximum absolute atomic E-state index is 13.0. The van der Waals surface area contributed by atoms with E-state index in [1.165, 1.54) is 23.5 Å². The minimum atomic E-state index is -0.345. The number of alkyl halides is 1. The zero-order valence-corrected chi connectivity index (χ0v) is 9.98. The third kappa shape index (κ3) is 2.48. The van der Waals surface area contributed by atoms with Gasteiger partial charge in [0.1, 0.15) is 16.6 Å². The summed E-state index contributed by atoms with van der Waals surface area (Å²) in [6.45, 7) is 1.83. The van der Waals surface area contributed by atoms with Gasteiger partial charge in [0.25, 0.3) is 5.19 Å². The van der Waals surface area contributed by atoms with Crippen LogP contribution in [0.2, 0.25) is 0 Å². The van der Waals surface area contributed by atoms with Crippen LogP contribution in [0.1, 0.15) is 10.6 Å². The van der Waals surface area contributed by atoms with Crippen molar-refractivity contribution < 1.29 is 9.13 Å². The maximum atomic E-state index is 13.0. The van der Waals surface area contributed by atoms with E-state index in [2.05, 4.69) is 10.2 Å². The molecule has 0 aliphatic rings. The Morgan fingerprint density at radius 3 is 2.94 bits per heavy atom. The number of aryl methyl sites for hydroxylation is 1. The predicted molar refractivity (Wildman–Crippen MR) is 60.7 cm³/mol. The van der Waals surface area contributed by atoms with E-state index in [4.69, 9.17) is 16.3 Å². The van der Waals surface area contributed by atoms with E-state index in [-0.39, 0.29) is 5.82 Å². The molecule has 84 valence electrons. The molecule has 0 unspecified atom stereocenters. The summed E-state index contributed by atoms with van der Waals surface area (Å²) < 4.78 is 18.4. The lowest BCUT2D eigenvalue weighted by Gasteiger charge is -2.04. The molecule has 1 aromatic heterocycles. The van der Waals surface area contributed by atoms with Crippen LogP contribution in [0.3, 0.4) is 0 Å². The predicted octanol–water partition coefficient (Wildman–Crippen LogP) is 3.52. The van der Waals surface area contributed by atoms with Crippen LogP contribution in [0.25, 0.3) is 0 Å². The summed E-state index contributed by atoms with van der Waals surface area (Å²) in [4.78, 5) is 0. The Morgan fingerprint density at radius 1 is 1.44 bits per heavy atom. The number of nitrogens with zero attached hydrogens (tertiary/aromatic N) is 2. The van der Waals surface area contributed by atoms with Crippen molar-refractivity contribution in [1.29, 1.82) is 0 Å². The van der Waals surface area contributed by atoms with E-state index in [0.29, 0.717) is 21.8 Å². The van der Waals surface area contributed by atoms with E-state index < -0.39 is 0 Å². The topological polar surface area (TPSA) is 35.0 Å². The normalized spacial score (nSPS) is 10.4. The van der Waals surface area contributed by atoms with Gasteiger partial charge in [0.15, 0.2) is 0 Å². The van der Waals surface area contributed by atoms with Crippen LogP contribution in [-0.4, -0.2) is 10.2 Å². The molecule has 6 heteroatoms. The summed E-state index contributed by atoms with van der Waals surface area (Å²) in [5.74, 6) is 0.392. The van der Waals surface area contributed by atoms with Crippen LogP contribution in [0.5, 0.6) is 10.9 Å². The summed E-state index contributed by atoms with van der Waals surface area (Å²) in [6.07, 6.45) is 0. The smallest absolute Gasteiger partial charge is 0.299 e. The molecule has 1 heterocycles. The first-order valence-corrected chi connectivity index (χ1v) is 5.86. The van der Waals surface area contributed by atoms with E-state index >= 15 is 0 Å². The Morgan fingerprint density at radius 2 is 2.25 bits per heavy atom. The van der Waals surface area contributed by atoms with Gasteiger partial charge in [-0.2, -0.15) is 0 Å². The Labute approximate surface area is 101 Å². The molecule has 2 rings (SSSR count). The minimum Gasteiger partial charge on any atom is -0.429 e. The summed E-state index contributed by atoms with van der Waals surface area (Å²) in [6, 6.07) is 4.34. The van der Waals surface area contributed by atoms with Gasteiger partial charge in [-0.1, -0.05) is 22.5 Å². The summed E-state index contributed by atoms with van der Waals surface area (Å²) in [5, 5.41) is 8.63. The van der Waals surface area contributed by atoms with Crippen LogP contribution in [0.15, 0.2) is 18.2 Å². The number of aromatic nitrogens is 2. The number of hydrogen-bond acceptors (Lipinski definition) is 4.